The van der Waals surface area contributed by atoms with Crippen LogP contribution in [0.5, 0.6) is 0 Å². The van der Waals surface area contributed by atoms with Crippen molar-refractivity contribution >= 4 is 0 Å². The normalized spacial score (nSPS) is 12.5. The maximum Gasteiger partial charge on any atom is 0.124 e. The minimum atomic E-state index is -0.207. The second-order valence-corrected chi connectivity index (χ2v) is 6.41. The quantitative estimate of drug-likeness (QED) is 0.617. The van der Waals surface area contributed by atoms with E-state index in [0.717, 1.165) is 29.9 Å². The van der Waals surface area contributed by atoms with Crippen LogP contribution < -0.4 is 0 Å². The molecule has 0 aliphatic rings. The molecule has 0 aliphatic carbocycles. The highest BCUT2D eigenvalue weighted by Crippen LogP contribution is 2.25. The summed E-state index contributed by atoms with van der Waals surface area (Å²) in [6, 6.07) is 18.8. The Labute approximate surface area is 153 Å². The minimum absolute atomic E-state index is 0.150. The lowest BCUT2D eigenvalue weighted by molar-refractivity contribution is 0.0589. The van der Waals surface area contributed by atoms with E-state index in [1.54, 1.807) is 6.20 Å². The van der Waals surface area contributed by atoms with Gasteiger partial charge in [-0.05, 0) is 36.4 Å². The van der Waals surface area contributed by atoms with Crippen LogP contribution in [0.25, 0.3) is 0 Å². The summed E-state index contributed by atoms with van der Waals surface area (Å²) in [7, 11) is 3.96. The summed E-state index contributed by atoms with van der Waals surface area (Å²) < 4.78 is 21.1. The third-order valence-electron chi connectivity index (χ3n) is 4.35. The first kappa shape index (κ1) is 18.3. The Balaban J connectivity index is 1.59. The van der Waals surface area contributed by atoms with Gasteiger partial charge in [0, 0.05) is 26.3 Å². The van der Waals surface area contributed by atoms with Crippen LogP contribution >= 0.6 is 0 Å². The van der Waals surface area contributed by atoms with Gasteiger partial charge in [-0.3, -0.25) is 9.58 Å². The highest BCUT2D eigenvalue weighted by molar-refractivity contribution is 5.25. The van der Waals surface area contributed by atoms with E-state index in [-0.39, 0.29) is 11.9 Å². The van der Waals surface area contributed by atoms with Gasteiger partial charge in [0.05, 0.1) is 12.3 Å². The van der Waals surface area contributed by atoms with E-state index in [0.29, 0.717) is 6.61 Å². The van der Waals surface area contributed by atoms with Gasteiger partial charge in [0.15, 0.2) is 0 Å². The van der Waals surface area contributed by atoms with Gasteiger partial charge in [0.2, 0.25) is 0 Å². The van der Waals surface area contributed by atoms with Crippen molar-refractivity contribution in [3.05, 3.63) is 89.5 Å². The maximum atomic E-state index is 13.0. The van der Waals surface area contributed by atoms with E-state index in [9.17, 15) is 4.39 Å². The monoisotopic (exact) mass is 353 g/mol. The van der Waals surface area contributed by atoms with Gasteiger partial charge in [0.1, 0.15) is 11.9 Å². The molecule has 4 nitrogen and oxygen atoms in total. The summed E-state index contributed by atoms with van der Waals surface area (Å²) in [5.41, 5.74) is 3.22. The Morgan fingerprint density at radius 1 is 1.08 bits per heavy atom. The molecular formula is C21H24FN3O. The van der Waals surface area contributed by atoms with Crippen LogP contribution in [0.1, 0.15) is 22.9 Å². The molecule has 0 amide bonds. The van der Waals surface area contributed by atoms with E-state index >= 15 is 0 Å². The van der Waals surface area contributed by atoms with Crippen LogP contribution in [-0.4, -0.2) is 34.9 Å². The van der Waals surface area contributed by atoms with Gasteiger partial charge in [0.25, 0.3) is 0 Å². The second-order valence-electron chi connectivity index (χ2n) is 6.41. The Morgan fingerprint density at radius 2 is 1.81 bits per heavy atom. The fourth-order valence-electron chi connectivity index (χ4n) is 2.93. The molecule has 0 saturated heterocycles. The van der Waals surface area contributed by atoms with Crippen molar-refractivity contribution in [2.75, 3.05) is 20.2 Å². The minimum Gasteiger partial charge on any atom is -0.366 e. The van der Waals surface area contributed by atoms with E-state index in [1.165, 1.54) is 12.1 Å². The predicted octanol–water partition coefficient (Wildman–Crippen LogP) is 3.80. The molecule has 0 spiro atoms. The standard InChI is InChI=1S/C21H24FN3O/c1-24(16-17-8-10-19(22)11-9-17)14-15-26-21(18-6-4-3-5-7-18)20-12-13-23-25(20)2/h3-13,21H,14-16H2,1-2H3. The van der Waals surface area contributed by atoms with Crippen molar-refractivity contribution in [1.82, 2.24) is 14.7 Å². The van der Waals surface area contributed by atoms with Gasteiger partial charge < -0.3 is 4.74 Å². The first-order chi connectivity index (χ1) is 12.6. The molecule has 0 radical (unpaired) electrons. The van der Waals surface area contributed by atoms with E-state index in [1.807, 2.05) is 55.2 Å². The molecule has 1 aromatic heterocycles. The fourth-order valence-corrected chi connectivity index (χ4v) is 2.93. The third kappa shape index (κ3) is 4.77. The SMILES string of the molecule is CN(CCOC(c1ccccc1)c1ccnn1C)Cc1ccc(F)cc1. The smallest absolute Gasteiger partial charge is 0.124 e. The van der Waals surface area contributed by atoms with Crippen LogP contribution in [0.2, 0.25) is 0 Å². The van der Waals surface area contributed by atoms with Crippen molar-refractivity contribution in [2.24, 2.45) is 7.05 Å². The number of halogens is 1. The summed E-state index contributed by atoms with van der Waals surface area (Å²) in [6.45, 7) is 2.12. The zero-order chi connectivity index (χ0) is 18.4. The van der Waals surface area contributed by atoms with E-state index in [4.69, 9.17) is 4.74 Å². The molecule has 1 heterocycles. The number of aryl methyl sites for hydroxylation is 1. The molecule has 2 aromatic carbocycles. The lowest BCUT2D eigenvalue weighted by Crippen LogP contribution is -2.24. The molecule has 5 heteroatoms. The molecule has 0 fully saturated rings. The number of hydrogen-bond acceptors (Lipinski definition) is 3. The van der Waals surface area contributed by atoms with Crippen molar-refractivity contribution in [1.29, 1.82) is 0 Å². The van der Waals surface area contributed by atoms with Crippen LogP contribution in [0.15, 0.2) is 66.9 Å². The molecular weight excluding hydrogens is 329 g/mol. The van der Waals surface area contributed by atoms with Gasteiger partial charge in [-0.25, -0.2) is 4.39 Å². The fraction of sp³-hybridized carbons (Fsp3) is 0.286. The number of aromatic nitrogens is 2. The first-order valence-corrected chi connectivity index (χ1v) is 8.71. The highest BCUT2D eigenvalue weighted by atomic mass is 19.1. The number of hydrogen-bond donors (Lipinski definition) is 0. The Kier molecular flexibility index (Phi) is 6.15. The summed E-state index contributed by atoms with van der Waals surface area (Å²) in [6.07, 6.45) is 1.64. The zero-order valence-corrected chi connectivity index (χ0v) is 15.2. The summed E-state index contributed by atoms with van der Waals surface area (Å²) in [4.78, 5) is 2.17. The van der Waals surface area contributed by atoms with Crippen molar-refractivity contribution in [2.45, 2.75) is 12.6 Å². The van der Waals surface area contributed by atoms with E-state index in [2.05, 4.69) is 22.1 Å². The van der Waals surface area contributed by atoms with Crippen LogP contribution in [0.3, 0.4) is 0 Å². The lowest BCUT2D eigenvalue weighted by Gasteiger charge is -2.22. The molecule has 136 valence electrons. The third-order valence-corrected chi connectivity index (χ3v) is 4.35. The molecule has 3 aromatic rings. The maximum absolute atomic E-state index is 13.0. The number of nitrogens with zero attached hydrogens (tertiary/aromatic N) is 3. The Morgan fingerprint density at radius 3 is 2.46 bits per heavy atom. The lowest BCUT2D eigenvalue weighted by atomic mass is 10.1. The number of benzene rings is 2. The molecule has 0 aliphatic heterocycles. The number of likely N-dealkylation sites (N-methyl/N-ethyl adjacent to an activating group) is 1. The highest BCUT2D eigenvalue weighted by Gasteiger charge is 2.18. The zero-order valence-electron chi connectivity index (χ0n) is 15.2. The Hall–Kier alpha value is -2.50. The molecule has 26 heavy (non-hydrogen) atoms. The van der Waals surface area contributed by atoms with Gasteiger partial charge >= 0.3 is 0 Å². The first-order valence-electron chi connectivity index (χ1n) is 8.71. The molecule has 0 N–H and O–H groups in total. The summed E-state index contributed by atoms with van der Waals surface area (Å²) in [5, 5.41) is 4.26. The molecule has 1 unspecified atom stereocenters. The Bertz CT molecular complexity index is 802. The number of ether oxygens (including phenoxy) is 1. The summed E-state index contributed by atoms with van der Waals surface area (Å²) in [5.74, 6) is -0.207. The number of rotatable bonds is 8. The molecule has 3 rings (SSSR count). The molecule has 0 saturated carbocycles. The van der Waals surface area contributed by atoms with Gasteiger partial charge in [-0.1, -0.05) is 42.5 Å². The van der Waals surface area contributed by atoms with Crippen LogP contribution in [0.4, 0.5) is 4.39 Å². The predicted molar refractivity (Wildman–Crippen MR) is 100 cm³/mol. The van der Waals surface area contributed by atoms with Gasteiger partial charge in [-0.15, -0.1) is 0 Å². The average molecular weight is 353 g/mol. The molecule has 0 bridgehead atoms. The van der Waals surface area contributed by atoms with Crippen LogP contribution in [0, 0.1) is 5.82 Å². The largest absolute Gasteiger partial charge is 0.366 e. The summed E-state index contributed by atoms with van der Waals surface area (Å²) >= 11 is 0. The van der Waals surface area contributed by atoms with Crippen molar-refractivity contribution in [3.8, 4) is 0 Å². The second kappa shape index (κ2) is 8.74. The molecule has 1 atom stereocenters. The van der Waals surface area contributed by atoms with Crippen molar-refractivity contribution in [3.63, 3.8) is 0 Å². The van der Waals surface area contributed by atoms with E-state index < -0.39 is 0 Å². The van der Waals surface area contributed by atoms with Crippen LogP contribution in [-0.2, 0) is 18.3 Å². The van der Waals surface area contributed by atoms with Crippen molar-refractivity contribution < 1.29 is 9.13 Å². The topological polar surface area (TPSA) is 30.3 Å². The van der Waals surface area contributed by atoms with Gasteiger partial charge in [-0.2, -0.15) is 5.10 Å². The average Bonchev–Trinajstić information content (AvgIpc) is 3.07.